The SMILES string of the molecule is C.C=C(C)C(=O)OCC(O)CO.C=C(C)C(=O)OCCN.C=C(C)C(=O)OCCN(C)C.C=C(C)C(=O)OCCNC(C)(C)C.C=C(C)C(=O)OCCO.C=C(C)C(=O)OCCOC.C=C(C)C(=O)OCCOC(=O)CCC(=O)O.C=C(C)C(=O)OCC[N+](C)(C)C.C=C(C)C(=O)OCC[N+](C)(C)CC(=O)[O-].C=C(C)C(=O)OCC[N+](C)(C)CCCS(=O)(=O)[O-]. The van der Waals surface area contributed by atoms with E-state index in [1.165, 1.54) is 13.8 Å². The Kier molecular flexibility index (Phi) is 89.6. The standard InChI is InChI=1S/C11H21NO5S.C10H17NO4.C10H19NO2.C10H14O6.C9H18NO2.C8H15NO2.C7H12O4.C7H12O3.C6H11NO2.C6H10O3.CH4/c1-10(2)11(13)17-8-7-12(3,4)6-5-9-18(14,15)16;1-8(2)10(14)15-6-5-11(3,4)7-9(12)13;1-8(2)9(12)13-7-6-11-10(3,4)5;1-7(2)10(14)16-6-5-15-9(13)4-3-8(11)12;1-8(2)9(11)12-7-6-10(3,4)5;1-7(2)8(10)11-6-5-9(3)4;1-5(2)7(10)11-4-6(9)3-8;1-6(2)7(8)10-5-4-9-3;2*1-5(2)6(8)9-4-3-7;/h1,5-9H2,2-4H3;1,5-7H2,2-4H3;11H,1,6-7H2,2-5H3;1,3-6H2,2H3,(H,11,12);1,6-7H2,2-5H3;1,5-6H2,2-4H3;6,8-9H,1,3-4H2,2H3;1,4-5H2,2-3H3;1,3-4,7H2,2H3;7H,1,3-4H2,2H3;1H4/q;;;;+1;;;;;;. The number of carbonyl (C=O) groups is 13. The Morgan fingerprint density at radius 1 is 0.448 bits per heavy atom. The summed E-state index contributed by atoms with van der Waals surface area (Å²) < 4.78 is 89.5. The molecule has 0 amide bonds. The van der Waals surface area contributed by atoms with Gasteiger partial charge in [0.1, 0.15) is 105 Å². The number of nitrogens with zero attached hydrogens (tertiary/aromatic N) is 4. The van der Waals surface area contributed by atoms with Crippen LogP contribution in [0.3, 0.4) is 0 Å². The largest absolute Gasteiger partial charge is 0.748 e. The summed E-state index contributed by atoms with van der Waals surface area (Å²) in [6.45, 7) is 62.1. The van der Waals surface area contributed by atoms with Crippen molar-refractivity contribution in [1.82, 2.24) is 10.2 Å². The molecular weight excluding hydrogens is 1670 g/mol. The topological polar surface area (TPSA) is 535 Å². The highest BCUT2D eigenvalue weighted by Crippen LogP contribution is 2.05. The Morgan fingerprint density at radius 3 is 1.05 bits per heavy atom. The van der Waals surface area contributed by atoms with E-state index < -0.39 is 70.6 Å². The van der Waals surface area contributed by atoms with Gasteiger partial charge in [0, 0.05) is 100 Å². The highest BCUT2D eigenvalue weighted by molar-refractivity contribution is 7.85. The summed E-state index contributed by atoms with van der Waals surface area (Å²) in [5.41, 5.74) is 8.86. The molecule has 0 aliphatic heterocycles. The molecule has 0 aliphatic rings. The molecule has 125 heavy (non-hydrogen) atoms. The lowest BCUT2D eigenvalue weighted by Crippen LogP contribution is -2.50. The molecule has 7 N–H and O–H groups in total. The molecule has 0 heterocycles. The zero-order valence-electron chi connectivity index (χ0n) is 77.9. The minimum atomic E-state index is -4.15. The Balaban J connectivity index is -0.000000129. The van der Waals surface area contributed by atoms with Crippen LogP contribution >= 0.6 is 0 Å². The molecule has 1 unspecified atom stereocenters. The highest BCUT2D eigenvalue weighted by atomic mass is 32.2. The zero-order valence-corrected chi connectivity index (χ0v) is 78.8. The lowest BCUT2D eigenvalue weighted by atomic mass is 10.1. The number of hydrogen-bond acceptors (Lipinski definition) is 35. The van der Waals surface area contributed by atoms with Gasteiger partial charge in [-0.25, -0.2) is 56.4 Å². The van der Waals surface area contributed by atoms with Crippen LogP contribution < -0.4 is 16.2 Å². The molecular formula is C85H153N6O33S+. The number of carboxylic acid groups (broad SMARTS) is 2. The molecule has 39 nitrogen and oxygen atoms in total. The Labute approximate surface area is 742 Å². The van der Waals surface area contributed by atoms with Crippen molar-refractivity contribution in [1.29, 1.82) is 0 Å². The number of ether oxygens (including phenoxy) is 12. The van der Waals surface area contributed by atoms with Gasteiger partial charge in [0.05, 0.1) is 105 Å². The van der Waals surface area contributed by atoms with Gasteiger partial charge in [-0.2, -0.15) is 0 Å². The van der Waals surface area contributed by atoms with E-state index in [0.717, 1.165) is 17.6 Å². The first-order valence-electron chi connectivity index (χ1n) is 38.2. The quantitative estimate of drug-likeness (QED) is 0.0127. The van der Waals surface area contributed by atoms with Crippen molar-refractivity contribution in [2.45, 2.75) is 128 Å². The van der Waals surface area contributed by atoms with Gasteiger partial charge in [0.15, 0.2) is 0 Å². The number of methoxy groups -OCH3 is 1. The maximum absolute atomic E-state index is 11.1. The smallest absolute Gasteiger partial charge is 0.333 e. The predicted molar refractivity (Wildman–Crippen MR) is 470 cm³/mol. The van der Waals surface area contributed by atoms with E-state index in [-0.39, 0.29) is 136 Å². The number of rotatable bonds is 47. The first-order valence-corrected chi connectivity index (χ1v) is 39.8. The molecule has 0 bridgehead atoms. The predicted octanol–water partition coefficient (Wildman–Crippen LogP) is 3.55. The van der Waals surface area contributed by atoms with Crippen molar-refractivity contribution in [3.8, 4) is 0 Å². The number of carboxylic acids is 2. The molecule has 1 atom stereocenters. The average molecular weight is 1820 g/mol. The maximum Gasteiger partial charge on any atom is 0.333 e. The number of esters is 11. The zero-order chi connectivity index (χ0) is 99.5. The second-order valence-electron chi connectivity index (χ2n) is 30.3. The van der Waals surface area contributed by atoms with Gasteiger partial charge in [0.25, 0.3) is 0 Å². The third-order valence-electron chi connectivity index (χ3n) is 12.8. The molecule has 0 aromatic rings. The van der Waals surface area contributed by atoms with Gasteiger partial charge >= 0.3 is 71.6 Å². The number of nitrogens with one attached hydrogen (secondary N) is 1. The van der Waals surface area contributed by atoms with E-state index in [0.29, 0.717) is 121 Å². The Hall–Kier alpha value is -9.98. The first-order chi connectivity index (χ1) is 56.5. The fraction of sp³-hybridized carbons (Fsp3) is 0.612. The lowest BCUT2D eigenvalue weighted by Gasteiger charge is -2.29. The van der Waals surface area contributed by atoms with Crippen molar-refractivity contribution in [2.75, 3.05) is 221 Å². The number of likely N-dealkylation sites (N-methyl/N-ethyl adjacent to an activating group) is 4. The summed E-state index contributed by atoms with van der Waals surface area (Å²) in [6, 6.07) is 0. The molecule has 40 heteroatoms. The number of aliphatic carboxylic acids is 2. The number of aliphatic hydroxyl groups is 3. The van der Waals surface area contributed by atoms with Crippen molar-refractivity contribution in [3.05, 3.63) is 122 Å². The van der Waals surface area contributed by atoms with E-state index in [9.17, 15) is 80.4 Å². The van der Waals surface area contributed by atoms with E-state index in [1.807, 2.05) is 33.1 Å². The van der Waals surface area contributed by atoms with E-state index >= 15 is 0 Å². The van der Waals surface area contributed by atoms with Crippen LogP contribution in [0.5, 0.6) is 0 Å². The first kappa shape index (κ1) is 138. The monoisotopic (exact) mass is 1820 g/mol. The van der Waals surface area contributed by atoms with Gasteiger partial charge < -0.3 is 121 Å². The summed E-state index contributed by atoms with van der Waals surface area (Å²) in [7, 11) is 14.6. The minimum Gasteiger partial charge on any atom is -0.748 e. The summed E-state index contributed by atoms with van der Waals surface area (Å²) in [6.07, 6.45) is -1.17. The van der Waals surface area contributed by atoms with Gasteiger partial charge in [-0.3, -0.25) is 9.59 Å². The van der Waals surface area contributed by atoms with Crippen molar-refractivity contribution < 1.29 is 171 Å². The second-order valence-corrected chi connectivity index (χ2v) is 31.8. The van der Waals surface area contributed by atoms with Gasteiger partial charge in [-0.15, -0.1) is 0 Å². The van der Waals surface area contributed by atoms with Crippen LogP contribution in [0.1, 0.15) is 117 Å². The Bertz CT molecular complexity index is 3430. The summed E-state index contributed by atoms with van der Waals surface area (Å²) >= 11 is 0. The number of aliphatic hydroxyl groups excluding tert-OH is 3. The van der Waals surface area contributed by atoms with Gasteiger partial charge in [-0.05, 0) is 104 Å². The highest BCUT2D eigenvalue weighted by Gasteiger charge is 2.19. The van der Waals surface area contributed by atoms with Crippen molar-refractivity contribution >= 4 is 87.7 Å². The van der Waals surface area contributed by atoms with Crippen LogP contribution in [-0.2, 0) is 129 Å². The summed E-state index contributed by atoms with van der Waals surface area (Å²) in [4.78, 5) is 141. The fourth-order valence-corrected chi connectivity index (χ4v) is 6.30. The molecule has 0 rings (SSSR count). The molecule has 0 radical (unpaired) electrons. The molecule has 0 saturated heterocycles. The minimum absolute atomic E-state index is 0. The molecule has 0 saturated carbocycles. The van der Waals surface area contributed by atoms with Crippen molar-refractivity contribution in [2.24, 2.45) is 5.73 Å². The fourth-order valence-electron chi connectivity index (χ4n) is 5.82. The normalized spacial score (nSPS) is 10.4. The molecule has 0 fully saturated rings. The average Bonchev–Trinajstić information content (AvgIpc) is 0.912. The van der Waals surface area contributed by atoms with Crippen LogP contribution in [0.15, 0.2) is 122 Å². The number of carbonyl (C=O) groups excluding carboxylic acids is 12. The summed E-state index contributed by atoms with van der Waals surface area (Å²) in [5, 5.41) is 47.1. The van der Waals surface area contributed by atoms with Crippen LogP contribution in [0.2, 0.25) is 0 Å². The van der Waals surface area contributed by atoms with E-state index in [2.05, 4.69) is 146 Å². The van der Waals surface area contributed by atoms with Crippen LogP contribution in [0.4, 0.5) is 0 Å². The van der Waals surface area contributed by atoms with E-state index in [1.54, 1.807) is 76.6 Å². The summed E-state index contributed by atoms with van der Waals surface area (Å²) in [5.74, 6) is -7.31. The van der Waals surface area contributed by atoms with Gasteiger partial charge in [0.2, 0.25) is 0 Å². The Morgan fingerprint density at radius 2 is 0.752 bits per heavy atom. The van der Waals surface area contributed by atoms with Crippen LogP contribution in [0, 0.1) is 0 Å². The molecule has 0 aromatic heterocycles. The van der Waals surface area contributed by atoms with Crippen LogP contribution in [-0.4, -0.2) is 362 Å². The van der Waals surface area contributed by atoms with Gasteiger partial charge in [-0.1, -0.05) is 73.2 Å². The number of quaternary nitrogens is 3. The number of hydrogen-bond donors (Lipinski definition) is 6. The molecule has 0 spiro atoms. The molecule has 0 aromatic carbocycles. The van der Waals surface area contributed by atoms with Crippen molar-refractivity contribution in [3.63, 3.8) is 0 Å². The third-order valence-corrected chi connectivity index (χ3v) is 13.5. The van der Waals surface area contributed by atoms with Crippen LogP contribution in [0.25, 0.3) is 0 Å². The lowest BCUT2D eigenvalue weighted by molar-refractivity contribution is -0.890. The molecule has 726 valence electrons. The van der Waals surface area contributed by atoms with E-state index in [4.69, 9.17) is 49.8 Å². The molecule has 0 aliphatic carbocycles. The number of nitrogens with two attached hydrogens (primary N) is 1. The third kappa shape index (κ3) is 118. The second kappa shape index (κ2) is 81.1. The maximum atomic E-state index is 11.1.